The van der Waals surface area contributed by atoms with E-state index in [1.165, 1.54) is 0 Å². The molecule has 0 amide bonds. The second-order valence-electron chi connectivity index (χ2n) is 5.85. The van der Waals surface area contributed by atoms with Gasteiger partial charge in [-0.05, 0) is 47.4 Å². The van der Waals surface area contributed by atoms with Crippen LogP contribution in [-0.2, 0) is 23.5 Å². The van der Waals surface area contributed by atoms with Crippen LogP contribution in [0.25, 0.3) is 11.1 Å². The van der Waals surface area contributed by atoms with E-state index in [1.807, 2.05) is 54.6 Å². The molecule has 0 aliphatic heterocycles. The van der Waals surface area contributed by atoms with Crippen LogP contribution >= 0.6 is 18.6 Å². The SMILES string of the molecule is CCCc1cc(-c2ccccc2)cc(C=Nc2ccccc2)c1O.[Cl][Ti][Cl]. The molecule has 0 saturated heterocycles. The Morgan fingerprint density at radius 3 is 2.11 bits per heavy atom. The fourth-order valence-corrected chi connectivity index (χ4v) is 2.73. The third-order valence-corrected chi connectivity index (χ3v) is 3.95. The number of aromatic hydroxyl groups is 1. The number of nitrogens with zero attached hydrogens (tertiary/aromatic N) is 1. The van der Waals surface area contributed by atoms with E-state index in [0.717, 1.165) is 40.8 Å². The molecule has 138 valence electrons. The summed E-state index contributed by atoms with van der Waals surface area (Å²) in [6, 6.07) is 24.1. The second kappa shape index (κ2) is 12.0. The first-order valence-corrected chi connectivity index (χ1v) is 13.0. The van der Waals surface area contributed by atoms with E-state index in [2.05, 4.69) is 30.1 Å². The third-order valence-electron chi connectivity index (χ3n) is 3.95. The molecule has 3 aromatic rings. The first-order chi connectivity index (χ1) is 13.2. The number of aryl methyl sites for hydroxylation is 1. The molecule has 0 saturated carbocycles. The van der Waals surface area contributed by atoms with Crippen LogP contribution < -0.4 is 0 Å². The van der Waals surface area contributed by atoms with Crippen LogP contribution in [0.5, 0.6) is 5.75 Å². The molecular weight excluding hydrogens is 413 g/mol. The van der Waals surface area contributed by atoms with Gasteiger partial charge in [-0.15, -0.1) is 0 Å². The Hall–Kier alpha value is -1.58. The Morgan fingerprint density at radius 2 is 1.52 bits per heavy atom. The van der Waals surface area contributed by atoms with Crippen molar-refractivity contribution in [1.82, 2.24) is 0 Å². The first kappa shape index (κ1) is 21.7. The minimum atomic E-state index is -0.556. The first-order valence-electron chi connectivity index (χ1n) is 8.66. The van der Waals surface area contributed by atoms with Gasteiger partial charge in [-0.3, -0.25) is 4.99 Å². The molecule has 0 unspecified atom stereocenters. The van der Waals surface area contributed by atoms with Crippen molar-refractivity contribution >= 4 is 30.5 Å². The summed E-state index contributed by atoms with van der Waals surface area (Å²) in [4.78, 5) is 4.49. The Labute approximate surface area is 177 Å². The maximum atomic E-state index is 10.6. The number of para-hydroxylation sites is 1. The van der Waals surface area contributed by atoms with Gasteiger partial charge in [-0.25, -0.2) is 0 Å². The van der Waals surface area contributed by atoms with Crippen molar-refractivity contribution in [1.29, 1.82) is 0 Å². The number of phenolic OH excluding ortho intramolecular Hbond substituents is 1. The topological polar surface area (TPSA) is 32.6 Å². The van der Waals surface area contributed by atoms with Gasteiger partial charge < -0.3 is 5.11 Å². The standard InChI is InChI=1S/C22H21NO.2ClH.Ti/c1-2-9-18-14-19(17-10-5-3-6-11-17)15-20(22(18)24)16-23-21-12-7-4-8-13-21;;;/h3-8,10-16,24H,2,9H2,1H3;2*1H;/q;;;+2/p-2. The van der Waals surface area contributed by atoms with Crippen molar-refractivity contribution in [2.75, 3.05) is 0 Å². The van der Waals surface area contributed by atoms with E-state index in [9.17, 15) is 5.11 Å². The fraction of sp³-hybridized carbons (Fsp3) is 0.136. The number of aliphatic imine (C=N–C) groups is 1. The van der Waals surface area contributed by atoms with Gasteiger partial charge in [0.1, 0.15) is 5.75 Å². The number of phenols is 1. The summed E-state index contributed by atoms with van der Waals surface area (Å²) < 4.78 is 0. The molecule has 0 heterocycles. The van der Waals surface area contributed by atoms with Crippen LogP contribution in [0.3, 0.4) is 0 Å². The Balaban J connectivity index is 0.000000817. The molecule has 0 bridgehead atoms. The summed E-state index contributed by atoms with van der Waals surface area (Å²) in [5.74, 6) is 0.330. The van der Waals surface area contributed by atoms with Crippen molar-refractivity contribution in [3.8, 4) is 16.9 Å². The van der Waals surface area contributed by atoms with E-state index < -0.39 is 17.0 Å². The molecule has 0 aromatic heterocycles. The molecule has 5 heteroatoms. The quantitative estimate of drug-likeness (QED) is 0.336. The van der Waals surface area contributed by atoms with E-state index in [4.69, 9.17) is 18.6 Å². The van der Waals surface area contributed by atoms with Crippen molar-refractivity contribution in [3.05, 3.63) is 83.9 Å². The molecular formula is C22H21Cl2NOTi. The van der Waals surface area contributed by atoms with Gasteiger partial charge in [0.2, 0.25) is 0 Å². The number of halogens is 2. The van der Waals surface area contributed by atoms with Crippen molar-refractivity contribution in [2.45, 2.75) is 19.8 Å². The van der Waals surface area contributed by atoms with E-state index in [1.54, 1.807) is 6.21 Å². The van der Waals surface area contributed by atoms with E-state index in [-0.39, 0.29) is 0 Å². The zero-order valence-corrected chi connectivity index (χ0v) is 18.1. The van der Waals surface area contributed by atoms with Gasteiger partial charge >= 0.3 is 35.6 Å². The van der Waals surface area contributed by atoms with Gasteiger partial charge in [0.25, 0.3) is 0 Å². The van der Waals surface area contributed by atoms with Crippen molar-refractivity contribution < 1.29 is 22.1 Å². The van der Waals surface area contributed by atoms with Gasteiger partial charge in [0.15, 0.2) is 0 Å². The predicted molar refractivity (Wildman–Crippen MR) is 113 cm³/mol. The minimum absolute atomic E-state index is 0.330. The van der Waals surface area contributed by atoms with Crippen LogP contribution in [0.2, 0.25) is 0 Å². The van der Waals surface area contributed by atoms with Crippen LogP contribution in [0.1, 0.15) is 24.5 Å². The summed E-state index contributed by atoms with van der Waals surface area (Å²) >= 11 is -0.556. The molecule has 0 fully saturated rings. The van der Waals surface area contributed by atoms with Crippen LogP contribution in [-0.4, -0.2) is 11.3 Å². The molecule has 2 nitrogen and oxygen atoms in total. The monoisotopic (exact) mass is 433 g/mol. The predicted octanol–water partition coefficient (Wildman–Crippen LogP) is 7.14. The van der Waals surface area contributed by atoms with Gasteiger partial charge in [0, 0.05) is 11.8 Å². The maximum absolute atomic E-state index is 10.6. The molecule has 0 radical (unpaired) electrons. The van der Waals surface area contributed by atoms with Gasteiger partial charge in [-0.1, -0.05) is 61.9 Å². The summed E-state index contributed by atoms with van der Waals surface area (Å²) in [7, 11) is 9.78. The van der Waals surface area contributed by atoms with Crippen molar-refractivity contribution in [2.24, 2.45) is 4.99 Å². The summed E-state index contributed by atoms with van der Waals surface area (Å²) in [6.45, 7) is 2.12. The fourth-order valence-electron chi connectivity index (χ4n) is 2.73. The Kier molecular flexibility index (Phi) is 9.65. The van der Waals surface area contributed by atoms with Gasteiger partial charge in [-0.2, -0.15) is 0 Å². The summed E-state index contributed by atoms with van der Waals surface area (Å²) in [6.07, 6.45) is 3.58. The summed E-state index contributed by atoms with van der Waals surface area (Å²) in [5.41, 5.74) is 4.84. The molecule has 0 aliphatic rings. The van der Waals surface area contributed by atoms with Crippen molar-refractivity contribution in [3.63, 3.8) is 0 Å². The summed E-state index contributed by atoms with van der Waals surface area (Å²) in [5, 5.41) is 10.6. The van der Waals surface area contributed by atoms with Crippen LogP contribution in [0.4, 0.5) is 5.69 Å². The molecule has 27 heavy (non-hydrogen) atoms. The van der Waals surface area contributed by atoms with E-state index in [0.29, 0.717) is 5.75 Å². The molecule has 0 atom stereocenters. The zero-order chi connectivity index (χ0) is 19.5. The molecule has 0 aliphatic carbocycles. The molecule has 3 rings (SSSR count). The second-order valence-corrected chi connectivity index (χ2v) is 8.43. The van der Waals surface area contributed by atoms with Crippen LogP contribution in [0.15, 0.2) is 77.8 Å². The van der Waals surface area contributed by atoms with Crippen LogP contribution in [0, 0.1) is 0 Å². The Bertz CT molecular complexity index is 855. The average molecular weight is 434 g/mol. The molecule has 0 spiro atoms. The zero-order valence-electron chi connectivity index (χ0n) is 15.1. The third kappa shape index (κ3) is 6.82. The number of rotatable bonds is 5. The Morgan fingerprint density at radius 1 is 0.926 bits per heavy atom. The van der Waals surface area contributed by atoms with Gasteiger partial charge in [0.05, 0.1) is 5.69 Å². The molecule has 3 aromatic carbocycles. The number of hydrogen-bond donors (Lipinski definition) is 1. The van der Waals surface area contributed by atoms with E-state index >= 15 is 0 Å². The number of hydrogen-bond acceptors (Lipinski definition) is 2. The number of benzene rings is 3. The molecule has 1 N–H and O–H groups in total. The normalized spacial score (nSPS) is 10.3. The average Bonchev–Trinajstić information content (AvgIpc) is 2.71.